The standard InChI is InChI=1S/C9H16O3/c10-7-8-3-5-9(12-8)4-1-2-6-11-9/h8,10H,1-7H2/t8-,9-/m1/s1. The van der Waals surface area contributed by atoms with Crippen LogP contribution < -0.4 is 0 Å². The molecule has 0 aromatic carbocycles. The van der Waals surface area contributed by atoms with Crippen molar-refractivity contribution in [2.45, 2.75) is 44.0 Å². The van der Waals surface area contributed by atoms with E-state index in [1.54, 1.807) is 0 Å². The van der Waals surface area contributed by atoms with Crippen LogP contribution in [0.3, 0.4) is 0 Å². The van der Waals surface area contributed by atoms with Gasteiger partial charge in [0.1, 0.15) is 0 Å². The topological polar surface area (TPSA) is 38.7 Å². The van der Waals surface area contributed by atoms with Crippen LogP contribution in [0, 0.1) is 0 Å². The van der Waals surface area contributed by atoms with Gasteiger partial charge < -0.3 is 14.6 Å². The van der Waals surface area contributed by atoms with Crippen LogP contribution in [0.2, 0.25) is 0 Å². The minimum Gasteiger partial charge on any atom is -0.394 e. The summed E-state index contributed by atoms with van der Waals surface area (Å²) in [6, 6.07) is 0. The number of rotatable bonds is 1. The van der Waals surface area contributed by atoms with Crippen LogP contribution in [-0.4, -0.2) is 30.2 Å². The van der Waals surface area contributed by atoms with Crippen molar-refractivity contribution >= 4 is 0 Å². The monoisotopic (exact) mass is 172 g/mol. The summed E-state index contributed by atoms with van der Waals surface area (Å²) in [6.07, 6.45) is 5.26. The van der Waals surface area contributed by atoms with E-state index in [9.17, 15) is 0 Å². The van der Waals surface area contributed by atoms with Crippen molar-refractivity contribution < 1.29 is 14.6 Å². The van der Waals surface area contributed by atoms with Crippen LogP contribution in [0.1, 0.15) is 32.1 Å². The van der Waals surface area contributed by atoms with E-state index < -0.39 is 0 Å². The number of aliphatic hydroxyl groups is 1. The van der Waals surface area contributed by atoms with Gasteiger partial charge in [0.2, 0.25) is 0 Å². The van der Waals surface area contributed by atoms with Gasteiger partial charge in [-0.25, -0.2) is 0 Å². The maximum Gasteiger partial charge on any atom is 0.168 e. The molecule has 2 aliphatic heterocycles. The molecule has 0 saturated carbocycles. The van der Waals surface area contributed by atoms with Crippen molar-refractivity contribution in [3.63, 3.8) is 0 Å². The van der Waals surface area contributed by atoms with Gasteiger partial charge in [-0.15, -0.1) is 0 Å². The molecule has 2 aliphatic rings. The molecule has 2 heterocycles. The minimum absolute atomic E-state index is 0.0168. The van der Waals surface area contributed by atoms with E-state index in [0.717, 1.165) is 32.3 Å². The highest BCUT2D eigenvalue weighted by Crippen LogP contribution is 2.38. The third-order valence-electron chi connectivity index (χ3n) is 2.75. The molecule has 0 amide bonds. The zero-order chi connectivity index (χ0) is 8.44. The first-order valence-electron chi connectivity index (χ1n) is 4.77. The van der Waals surface area contributed by atoms with Crippen LogP contribution >= 0.6 is 0 Å². The predicted molar refractivity (Wildman–Crippen MR) is 43.7 cm³/mol. The van der Waals surface area contributed by atoms with Crippen LogP contribution in [-0.2, 0) is 9.47 Å². The van der Waals surface area contributed by atoms with E-state index in [0.29, 0.717) is 0 Å². The Morgan fingerprint density at radius 2 is 2.25 bits per heavy atom. The van der Waals surface area contributed by atoms with Gasteiger partial charge in [-0.05, 0) is 19.3 Å². The first kappa shape index (κ1) is 8.48. The van der Waals surface area contributed by atoms with Crippen LogP contribution in [0.4, 0.5) is 0 Å². The van der Waals surface area contributed by atoms with Crippen LogP contribution in [0.5, 0.6) is 0 Å². The summed E-state index contributed by atoms with van der Waals surface area (Å²) in [4.78, 5) is 0. The Balaban J connectivity index is 1.94. The average Bonchev–Trinajstić information content (AvgIpc) is 2.50. The van der Waals surface area contributed by atoms with Gasteiger partial charge >= 0.3 is 0 Å². The zero-order valence-electron chi connectivity index (χ0n) is 7.29. The van der Waals surface area contributed by atoms with Crippen molar-refractivity contribution in [1.29, 1.82) is 0 Å². The summed E-state index contributed by atoms with van der Waals surface area (Å²) >= 11 is 0. The van der Waals surface area contributed by atoms with Crippen molar-refractivity contribution in [1.82, 2.24) is 0 Å². The lowest BCUT2D eigenvalue weighted by Gasteiger charge is -2.33. The molecule has 2 saturated heterocycles. The quantitative estimate of drug-likeness (QED) is 0.642. The van der Waals surface area contributed by atoms with E-state index in [2.05, 4.69) is 0 Å². The Kier molecular flexibility index (Phi) is 2.35. The molecule has 70 valence electrons. The highest BCUT2D eigenvalue weighted by Gasteiger charge is 2.41. The largest absolute Gasteiger partial charge is 0.394 e. The molecule has 0 bridgehead atoms. The number of hydrogen-bond acceptors (Lipinski definition) is 3. The van der Waals surface area contributed by atoms with Gasteiger partial charge in [0.15, 0.2) is 5.79 Å². The molecule has 0 radical (unpaired) electrons. The third kappa shape index (κ3) is 1.49. The third-order valence-corrected chi connectivity index (χ3v) is 2.75. The molecular weight excluding hydrogens is 156 g/mol. The fourth-order valence-electron chi connectivity index (χ4n) is 2.05. The van der Waals surface area contributed by atoms with Gasteiger partial charge in [0.25, 0.3) is 0 Å². The zero-order valence-corrected chi connectivity index (χ0v) is 7.29. The molecular formula is C9H16O3. The normalized spacial score (nSPS) is 42.2. The second-order valence-corrected chi connectivity index (χ2v) is 3.68. The van der Waals surface area contributed by atoms with E-state index in [1.807, 2.05) is 0 Å². The van der Waals surface area contributed by atoms with Crippen molar-refractivity contribution in [2.75, 3.05) is 13.2 Å². The fourth-order valence-corrected chi connectivity index (χ4v) is 2.05. The average molecular weight is 172 g/mol. The minimum atomic E-state index is -0.314. The molecule has 0 aromatic heterocycles. The maximum atomic E-state index is 8.90. The molecule has 0 aliphatic carbocycles. The molecule has 3 heteroatoms. The Labute approximate surface area is 72.7 Å². The lowest BCUT2D eigenvalue weighted by molar-refractivity contribution is -0.247. The number of ether oxygens (including phenoxy) is 2. The summed E-state index contributed by atoms with van der Waals surface area (Å²) in [5.41, 5.74) is 0. The molecule has 0 unspecified atom stereocenters. The first-order valence-corrected chi connectivity index (χ1v) is 4.77. The van der Waals surface area contributed by atoms with Crippen LogP contribution in [0.25, 0.3) is 0 Å². The number of hydrogen-bond donors (Lipinski definition) is 1. The van der Waals surface area contributed by atoms with Crippen LogP contribution in [0.15, 0.2) is 0 Å². The van der Waals surface area contributed by atoms with Crippen molar-refractivity contribution in [3.05, 3.63) is 0 Å². The molecule has 3 nitrogen and oxygen atoms in total. The van der Waals surface area contributed by atoms with Gasteiger partial charge in [-0.3, -0.25) is 0 Å². The summed E-state index contributed by atoms with van der Waals surface area (Å²) in [7, 11) is 0. The highest BCUT2D eigenvalue weighted by molar-refractivity contribution is 4.83. The van der Waals surface area contributed by atoms with Crippen molar-refractivity contribution in [3.8, 4) is 0 Å². The second kappa shape index (κ2) is 3.32. The van der Waals surface area contributed by atoms with E-state index >= 15 is 0 Å². The molecule has 0 aromatic rings. The summed E-state index contributed by atoms with van der Waals surface area (Å²) in [5.74, 6) is -0.314. The molecule has 1 N–H and O–H groups in total. The molecule has 1 spiro atoms. The summed E-state index contributed by atoms with van der Waals surface area (Å²) < 4.78 is 11.3. The van der Waals surface area contributed by atoms with E-state index in [1.165, 1.54) is 6.42 Å². The lowest BCUT2D eigenvalue weighted by atomic mass is 10.0. The summed E-state index contributed by atoms with van der Waals surface area (Å²) in [5, 5.41) is 8.90. The van der Waals surface area contributed by atoms with Gasteiger partial charge in [0.05, 0.1) is 19.3 Å². The molecule has 2 atom stereocenters. The predicted octanol–water partition coefficient (Wildman–Crippen LogP) is 1.05. The molecule has 12 heavy (non-hydrogen) atoms. The smallest absolute Gasteiger partial charge is 0.168 e. The fraction of sp³-hybridized carbons (Fsp3) is 1.00. The second-order valence-electron chi connectivity index (χ2n) is 3.68. The Bertz CT molecular complexity index is 152. The summed E-state index contributed by atoms with van der Waals surface area (Å²) in [6.45, 7) is 0.948. The highest BCUT2D eigenvalue weighted by atomic mass is 16.7. The number of aliphatic hydroxyl groups excluding tert-OH is 1. The van der Waals surface area contributed by atoms with E-state index in [-0.39, 0.29) is 18.5 Å². The molecule has 2 fully saturated rings. The Morgan fingerprint density at radius 1 is 1.33 bits per heavy atom. The first-order chi connectivity index (χ1) is 5.85. The Hall–Kier alpha value is -0.120. The molecule has 2 rings (SSSR count). The van der Waals surface area contributed by atoms with Gasteiger partial charge in [0, 0.05) is 12.8 Å². The Morgan fingerprint density at radius 3 is 2.83 bits per heavy atom. The maximum absolute atomic E-state index is 8.90. The van der Waals surface area contributed by atoms with Gasteiger partial charge in [-0.1, -0.05) is 0 Å². The SMILES string of the molecule is OC[C@H]1CC[C@@]2(CCCCO2)O1. The van der Waals surface area contributed by atoms with Gasteiger partial charge in [-0.2, -0.15) is 0 Å². The van der Waals surface area contributed by atoms with Crippen molar-refractivity contribution in [2.24, 2.45) is 0 Å². The lowest BCUT2D eigenvalue weighted by Crippen LogP contribution is -2.36. The van der Waals surface area contributed by atoms with E-state index in [4.69, 9.17) is 14.6 Å².